The van der Waals surface area contributed by atoms with Gasteiger partial charge in [0.15, 0.2) is 0 Å². The maximum Gasteiger partial charge on any atom is 0.134 e. The van der Waals surface area contributed by atoms with Crippen LogP contribution in [0, 0.1) is 0 Å². The smallest absolute Gasteiger partial charge is 0.134 e. The van der Waals surface area contributed by atoms with Gasteiger partial charge in [-0.1, -0.05) is 84.9 Å². The third-order valence-corrected chi connectivity index (χ3v) is 4.16. The lowest BCUT2D eigenvalue weighted by molar-refractivity contribution is 0.440. The lowest BCUT2D eigenvalue weighted by Crippen LogP contribution is -1.98. The minimum absolute atomic E-state index is 0.836. The van der Waals surface area contributed by atoms with Crippen LogP contribution < -0.4 is 4.74 Å². The Morgan fingerprint density at radius 1 is 0.640 bits per heavy atom. The van der Waals surface area contributed by atoms with E-state index in [1.807, 2.05) is 42.5 Å². The van der Waals surface area contributed by atoms with Crippen molar-refractivity contribution >= 4 is 11.6 Å². The molecule has 3 aromatic rings. The predicted molar refractivity (Wildman–Crippen MR) is 104 cm³/mol. The largest absolute Gasteiger partial charge is 0.457 e. The molecule has 0 fully saturated rings. The van der Waals surface area contributed by atoms with Gasteiger partial charge in [-0.25, -0.2) is 0 Å². The number of ether oxygens (including phenoxy) is 1. The van der Waals surface area contributed by atoms with Crippen LogP contribution in [0.5, 0.6) is 5.75 Å². The zero-order valence-electron chi connectivity index (χ0n) is 13.8. The first-order valence-electron chi connectivity index (χ1n) is 8.38. The van der Waals surface area contributed by atoms with E-state index in [2.05, 4.69) is 66.7 Å². The van der Waals surface area contributed by atoms with E-state index in [0.29, 0.717) is 0 Å². The van der Waals surface area contributed by atoms with Gasteiger partial charge in [-0.2, -0.15) is 0 Å². The molecule has 0 aromatic heterocycles. The fourth-order valence-corrected chi connectivity index (χ4v) is 2.89. The molecule has 0 N–H and O–H groups in total. The Kier molecular flexibility index (Phi) is 4.30. The summed E-state index contributed by atoms with van der Waals surface area (Å²) < 4.78 is 5.98. The van der Waals surface area contributed by atoms with Crippen LogP contribution in [-0.2, 0) is 0 Å². The van der Waals surface area contributed by atoms with Crippen LogP contribution in [0.4, 0.5) is 0 Å². The van der Waals surface area contributed by atoms with Crippen molar-refractivity contribution in [3.63, 3.8) is 0 Å². The lowest BCUT2D eigenvalue weighted by atomic mass is 9.97. The van der Waals surface area contributed by atoms with E-state index in [1.165, 1.54) is 16.7 Å². The number of benzene rings is 3. The van der Waals surface area contributed by atoms with Gasteiger partial charge in [-0.15, -0.1) is 0 Å². The molecule has 120 valence electrons. The van der Waals surface area contributed by atoms with Gasteiger partial charge >= 0.3 is 0 Å². The van der Waals surface area contributed by atoms with E-state index in [-0.39, 0.29) is 0 Å². The summed E-state index contributed by atoms with van der Waals surface area (Å²) in [6.07, 6.45) is 8.25. The van der Waals surface area contributed by atoms with Crippen LogP contribution in [-0.4, -0.2) is 0 Å². The Bertz CT molecular complexity index is 906. The summed E-state index contributed by atoms with van der Waals surface area (Å²) in [5, 5.41) is 0. The topological polar surface area (TPSA) is 9.23 Å². The molecule has 1 heterocycles. The van der Waals surface area contributed by atoms with Crippen molar-refractivity contribution in [1.29, 1.82) is 0 Å². The summed E-state index contributed by atoms with van der Waals surface area (Å²) in [7, 11) is 0. The highest BCUT2D eigenvalue weighted by Crippen LogP contribution is 2.28. The van der Waals surface area contributed by atoms with Crippen molar-refractivity contribution in [2.24, 2.45) is 0 Å². The van der Waals surface area contributed by atoms with Crippen molar-refractivity contribution in [3.8, 4) is 5.75 Å². The Labute approximate surface area is 148 Å². The van der Waals surface area contributed by atoms with Gasteiger partial charge in [-0.3, -0.25) is 0 Å². The predicted octanol–water partition coefficient (Wildman–Crippen LogP) is 6.11. The quantitative estimate of drug-likeness (QED) is 0.565. The van der Waals surface area contributed by atoms with Gasteiger partial charge in [-0.05, 0) is 41.0 Å². The SMILES string of the molecule is C1=Cc2ccccc2O/C1=C\C=C(c1ccccc1)c1ccccc1. The molecule has 0 saturated heterocycles. The average Bonchev–Trinajstić information content (AvgIpc) is 2.70. The molecular weight excluding hydrogens is 304 g/mol. The van der Waals surface area contributed by atoms with Gasteiger partial charge in [0.25, 0.3) is 0 Å². The van der Waals surface area contributed by atoms with Crippen LogP contribution >= 0.6 is 0 Å². The van der Waals surface area contributed by atoms with E-state index < -0.39 is 0 Å². The van der Waals surface area contributed by atoms with E-state index in [1.54, 1.807) is 0 Å². The second-order valence-electron chi connectivity index (χ2n) is 5.85. The van der Waals surface area contributed by atoms with Crippen LogP contribution in [0.25, 0.3) is 11.6 Å². The molecule has 0 amide bonds. The summed E-state index contributed by atoms with van der Waals surface area (Å²) in [6.45, 7) is 0. The highest BCUT2D eigenvalue weighted by molar-refractivity contribution is 5.81. The summed E-state index contributed by atoms with van der Waals surface area (Å²) in [6, 6.07) is 28.9. The summed E-state index contributed by atoms with van der Waals surface area (Å²) >= 11 is 0. The lowest BCUT2D eigenvalue weighted by Gasteiger charge is -2.14. The molecule has 1 nitrogen and oxygen atoms in total. The monoisotopic (exact) mass is 322 g/mol. The van der Waals surface area contributed by atoms with E-state index >= 15 is 0 Å². The second kappa shape index (κ2) is 7.06. The molecule has 0 unspecified atom stereocenters. The number of fused-ring (bicyclic) bond motifs is 1. The molecule has 25 heavy (non-hydrogen) atoms. The van der Waals surface area contributed by atoms with Gasteiger partial charge < -0.3 is 4.74 Å². The number of allylic oxidation sites excluding steroid dienone is 3. The number of hydrogen-bond donors (Lipinski definition) is 0. The fourth-order valence-electron chi connectivity index (χ4n) is 2.89. The minimum Gasteiger partial charge on any atom is -0.457 e. The van der Waals surface area contributed by atoms with Crippen LogP contribution in [0.2, 0.25) is 0 Å². The highest BCUT2D eigenvalue weighted by atomic mass is 16.5. The highest BCUT2D eigenvalue weighted by Gasteiger charge is 2.08. The second-order valence-corrected chi connectivity index (χ2v) is 5.85. The van der Waals surface area contributed by atoms with Crippen LogP contribution in [0.1, 0.15) is 16.7 Å². The van der Waals surface area contributed by atoms with Crippen LogP contribution in [0.15, 0.2) is 109 Å². The molecule has 3 aromatic carbocycles. The molecule has 0 atom stereocenters. The molecule has 0 spiro atoms. The maximum absolute atomic E-state index is 5.98. The number of hydrogen-bond acceptors (Lipinski definition) is 1. The van der Waals surface area contributed by atoms with Gasteiger partial charge in [0.1, 0.15) is 11.5 Å². The van der Waals surface area contributed by atoms with Gasteiger partial charge in [0.05, 0.1) is 0 Å². The molecule has 0 aliphatic carbocycles. The molecular formula is C24H18O. The molecule has 4 rings (SSSR count). The normalized spacial score (nSPS) is 13.8. The number of rotatable bonds is 3. The van der Waals surface area contributed by atoms with E-state index in [0.717, 1.165) is 17.1 Å². The van der Waals surface area contributed by atoms with Crippen molar-refractivity contribution in [2.45, 2.75) is 0 Å². The van der Waals surface area contributed by atoms with Crippen molar-refractivity contribution < 1.29 is 4.74 Å². The van der Waals surface area contributed by atoms with E-state index in [4.69, 9.17) is 4.74 Å². The Balaban J connectivity index is 1.71. The molecule has 1 aliphatic heterocycles. The number of para-hydroxylation sites is 1. The Morgan fingerprint density at radius 3 is 1.92 bits per heavy atom. The molecule has 0 bridgehead atoms. The molecule has 1 aliphatic rings. The van der Waals surface area contributed by atoms with Crippen molar-refractivity contribution in [1.82, 2.24) is 0 Å². The zero-order chi connectivity index (χ0) is 16.9. The molecule has 1 heteroatoms. The van der Waals surface area contributed by atoms with Crippen LogP contribution in [0.3, 0.4) is 0 Å². The third-order valence-electron chi connectivity index (χ3n) is 4.16. The third kappa shape index (κ3) is 3.46. The standard InChI is InChI=1S/C24H18O/c1-3-9-19(10-4-1)23(20-11-5-2-6-12-20)18-17-22-16-15-21-13-7-8-14-24(21)25-22/h1-18H/b22-17-. The molecule has 0 saturated carbocycles. The molecule has 0 radical (unpaired) electrons. The average molecular weight is 322 g/mol. The first kappa shape index (κ1) is 15.2. The summed E-state index contributed by atoms with van der Waals surface area (Å²) in [5.74, 6) is 1.73. The Hall–Kier alpha value is -3.32. The van der Waals surface area contributed by atoms with Crippen molar-refractivity contribution in [2.75, 3.05) is 0 Å². The summed E-state index contributed by atoms with van der Waals surface area (Å²) in [4.78, 5) is 0. The van der Waals surface area contributed by atoms with Gasteiger partial charge in [0, 0.05) is 5.56 Å². The first-order valence-corrected chi connectivity index (χ1v) is 8.38. The Morgan fingerprint density at radius 2 is 1.24 bits per heavy atom. The zero-order valence-corrected chi connectivity index (χ0v) is 13.8. The maximum atomic E-state index is 5.98. The summed E-state index contributed by atoms with van der Waals surface area (Å²) in [5.41, 5.74) is 4.65. The van der Waals surface area contributed by atoms with Crippen molar-refractivity contribution in [3.05, 3.63) is 126 Å². The van der Waals surface area contributed by atoms with E-state index in [9.17, 15) is 0 Å². The fraction of sp³-hybridized carbons (Fsp3) is 0. The van der Waals surface area contributed by atoms with Gasteiger partial charge in [0.2, 0.25) is 0 Å². The first-order chi connectivity index (χ1) is 12.4. The minimum atomic E-state index is 0.836.